The molecule has 37 heavy (non-hydrogen) atoms. The van der Waals surface area contributed by atoms with E-state index in [2.05, 4.69) is 20.9 Å². The molecule has 1 aliphatic rings. The number of carbonyl (C=O) groups is 4. The Bertz CT molecular complexity index is 1230. The van der Waals surface area contributed by atoms with Crippen LogP contribution < -0.4 is 21.7 Å². The molecule has 1 aromatic heterocycles. The Morgan fingerprint density at radius 1 is 1.14 bits per heavy atom. The van der Waals surface area contributed by atoms with E-state index in [-0.39, 0.29) is 36.1 Å². The van der Waals surface area contributed by atoms with E-state index in [1.165, 1.54) is 0 Å². The number of aryl methyl sites for hydroxylation is 1. The molecule has 4 amide bonds. The molecule has 10 nitrogen and oxygen atoms in total. The van der Waals surface area contributed by atoms with Gasteiger partial charge in [-0.1, -0.05) is 34.1 Å². The number of aromatic nitrogens is 1. The molecule has 0 saturated carbocycles. The number of hydrogen-bond acceptors (Lipinski definition) is 4. The van der Waals surface area contributed by atoms with E-state index in [0.717, 1.165) is 12.1 Å². The predicted molar refractivity (Wildman–Crippen MR) is 131 cm³/mol. The lowest BCUT2D eigenvalue weighted by molar-refractivity contribution is -0.137. The van der Waals surface area contributed by atoms with Gasteiger partial charge in [0.15, 0.2) is 0 Å². The highest BCUT2D eigenvalue weighted by molar-refractivity contribution is 5.98. The van der Waals surface area contributed by atoms with Crippen molar-refractivity contribution < 1.29 is 33.1 Å². The maximum Gasteiger partial charge on any atom is 0.405 e. The van der Waals surface area contributed by atoms with E-state index in [9.17, 15) is 33.1 Å². The molecule has 0 saturated heterocycles. The zero-order valence-electron chi connectivity index (χ0n) is 21.2. The SMILES string of the molecule is CC[C@H](C)[C@H](NC(=O)O)C(=O)N[C@]1(C(=O)N[C@H](C(N)=O)C(C)C)CCc2[nH]c3c(F)cc(F)cc3c2C1. The first-order valence-corrected chi connectivity index (χ1v) is 12.2. The summed E-state index contributed by atoms with van der Waals surface area (Å²) in [5.41, 5.74) is 4.96. The summed E-state index contributed by atoms with van der Waals surface area (Å²) in [6.45, 7) is 6.87. The second-order valence-corrected chi connectivity index (χ2v) is 10.1. The fraction of sp³-hybridized carbons (Fsp3) is 0.520. The Hall–Kier alpha value is -3.70. The number of H-pyrrole nitrogens is 1. The van der Waals surface area contributed by atoms with Crippen molar-refractivity contribution in [1.82, 2.24) is 20.9 Å². The minimum atomic E-state index is -1.64. The lowest BCUT2D eigenvalue weighted by Crippen LogP contribution is -2.67. The summed E-state index contributed by atoms with van der Waals surface area (Å²) >= 11 is 0. The summed E-state index contributed by atoms with van der Waals surface area (Å²) in [6, 6.07) is -0.301. The number of primary amides is 1. The lowest BCUT2D eigenvalue weighted by atomic mass is 9.78. The fourth-order valence-electron chi connectivity index (χ4n) is 4.82. The second-order valence-electron chi connectivity index (χ2n) is 10.1. The molecule has 3 rings (SSSR count). The molecule has 0 aliphatic heterocycles. The highest BCUT2D eigenvalue weighted by Gasteiger charge is 2.46. The van der Waals surface area contributed by atoms with E-state index in [0.29, 0.717) is 17.7 Å². The first kappa shape index (κ1) is 27.9. The molecule has 0 unspecified atom stereocenters. The van der Waals surface area contributed by atoms with Crippen LogP contribution in [0.15, 0.2) is 12.1 Å². The zero-order valence-corrected chi connectivity index (χ0v) is 21.2. The maximum absolute atomic E-state index is 14.5. The summed E-state index contributed by atoms with van der Waals surface area (Å²) < 4.78 is 28.6. The first-order chi connectivity index (χ1) is 17.3. The van der Waals surface area contributed by atoms with Crippen LogP contribution in [0.2, 0.25) is 0 Å². The van der Waals surface area contributed by atoms with Crippen LogP contribution in [-0.4, -0.2) is 51.5 Å². The fourth-order valence-corrected chi connectivity index (χ4v) is 4.82. The van der Waals surface area contributed by atoms with Crippen molar-refractivity contribution in [2.75, 3.05) is 0 Å². The average Bonchev–Trinajstić information content (AvgIpc) is 3.17. The first-order valence-electron chi connectivity index (χ1n) is 12.2. The van der Waals surface area contributed by atoms with Gasteiger partial charge in [0.2, 0.25) is 17.7 Å². The van der Waals surface area contributed by atoms with E-state index >= 15 is 0 Å². The molecule has 1 aromatic carbocycles. The minimum Gasteiger partial charge on any atom is -0.465 e. The number of amides is 4. The summed E-state index contributed by atoms with van der Waals surface area (Å²) in [5.74, 6) is -4.54. The highest BCUT2D eigenvalue weighted by Crippen LogP contribution is 2.36. The Morgan fingerprint density at radius 2 is 1.81 bits per heavy atom. The second kappa shape index (κ2) is 10.7. The molecule has 1 aliphatic carbocycles. The van der Waals surface area contributed by atoms with E-state index in [1.54, 1.807) is 27.7 Å². The molecule has 0 fully saturated rings. The predicted octanol–water partition coefficient (Wildman–Crippen LogP) is 2.10. The molecule has 0 spiro atoms. The maximum atomic E-state index is 14.5. The van der Waals surface area contributed by atoms with Crippen LogP contribution in [0.5, 0.6) is 0 Å². The normalized spacial score (nSPS) is 19.5. The van der Waals surface area contributed by atoms with Crippen LogP contribution in [0.3, 0.4) is 0 Å². The summed E-state index contributed by atoms with van der Waals surface area (Å²) in [6.07, 6.45) is -0.826. The van der Waals surface area contributed by atoms with Gasteiger partial charge in [-0.3, -0.25) is 14.4 Å². The Kier molecular flexibility index (Phi) is 8.09. The van der Waals surface area contributed by atoms with Gasteiger partial charge in [0.05, 0.1) is 5.52 Å². The Labute approximate surface area is 212 Å². The van der Waals surface area contributed by atoms with Crippen molar-refractivity contribution in [2.24, 2.45) is 17.6 Å². The molecular formula is C25H33F2N5O5. The van der Waals surface area contributed by atoms with Crippen LogP contribution >= 0.6 is 0 Å². The van der Waals surface area contributed by atoms with Crippen LogP contribution in [-0.2, 0) is 27.2 Å². The third-order valence-electron chi connectivity index (χ3n) is 7.13. The smallest absolute Gasteiger partial charge is 0.405 e. The van der Waals surface area contributed by atoms with Crippen molar-refractivity contribution in [3.05, 3.63) is 35.0 Å². The zero-order chi connectivity index (χ0) is 27.7. The Balaban J connectivity index is 2.08. The number of hydrogen-bond donors (Lipinski definition) is 6. The van der Waals surface area contributed by atoms with Crippen molar-refractivity contribution in [2.45, 2.75) is 71.0 Å². The number of nitrogens with two attached hydrogens (primary N) is 1. The van der Waals surface area contributed by atoms with Crippen molar-refractivity contribution in [3.63, 3.8) is 0 Å². The monoisotopic (exact) mass is 521 g/mol. The van der Waals surface area contributed by atoms with Gasteiger partial charge in [0, 0.05) is 23.6 Å². The molecule has 12 heteroatoms. The average molecular weight is 522 g/mol. The third-order valence-corrected chi connectivity index (χ3v) is 7.13. The summed E-state index contributed by atoms with van der Waals surface area (Å²) in [4.78, 5) is 53.5. The van der Waals surface area contributed by atoms with Crippen LogP contribution in [0.1, 0.15) is 51.8 Å². The van der Waals surface area contributed by atoms with Gasteiger partial charge in [-0.25, -0.2) is 13.6 Å². The number of nitrogens with one attached hydrogen (secondary N) is 4. The number of carboxylic acid groups (broad SMARTS) is 1. The van der Waals surface area contributed by atoms with Crippen molar-refractivity contribution >= 4 is 34.7 Å². The molecule has 4 atom stereocenters. The van der Waals surface area contributed by atoms with Gasteiger partial charge in [0.25, 0.3) is 0 Å². The van der Waals surface area contributed by atoms with E-state index in [1.807, 2.05) is 0 Å². The van der Waals surface area contributed by atoms with Crippen LogP contribution in [0, 0.1) is 23.5 Å². The van der Waals surface area contributed by atoms with E-state index < -0.39 is 59.0 Å². The topological polar surface area (TPSA) is 166 Å². The summed E-state index contributed by atoms with van der Waals surface area (Å²) in [5, 5.41) is 17.1. The summed E-state index contributed by atoms with van der Waals surface area (Å²) in [7, 11) is 0. The highest BCUT2D eigenvalue weighted by atomic mass is 19.1. The quantitative estimate of drug-likeness (QED) is 0.297. The van der Waals surface area contributed by atoms with Crippen LogP contribution in [0.4, 0.5) is 13.6 Å². The molecule has 7 N–H and O–H groups in total. The van der Waals surface area contributed by atoms with Crippen molar-refractivity contribution in [3.8, 4) is 0 Å². The molecule has 2 aromatic rings. The number of benzene rings is 1. The largest absolute Gasteiger partial charge is 0.465 e. The van der Waals surface area contributed by atoms with Gasteiger partial charge < -0.3 is 31.8 Å². The number of halogens is 2. The van der Waals surface area contributed by atoms with Crippen molar-refractivity contribution in [1.29, 1.82) is 0 Å². The minimum absolute atomic E-state index is 0.0539. The van der Waals surface area contributed by atoms with E-state index in [4.69, 9.17) is 5.73 Å². The number of carbonyl (C=O) groups excluding carboxylic acids is 3. The lowest BCUT2D eigenvalue weighted by Gasteiger charge is -2.39. The van der Waals surface area contributed by atoms with Gasteiger partial charge in [-0.05, 0) is 36.3 Å². The molecule has 1 heterocycles. The Morgan fingerprint density at radius 3 is 2.38 bits per heavy atom. The third kappa shape index (κ3) is 5.67. The number of fused-ring (bicyclic) bond motifs is 3. The van der Waals surface area contributed by atoms with Gasteiger partial charge >= 0.3 is 6.09 Å². The molecule has 0 bridgehead atoms. The van der Waals surface area contributed by atoms with Gasteiger partial charge in [0.1, 0.15) is 29.3 Å². The standard InChI is InChI=1S/C25H33F2N5O5/c1-5-12(4)19(31-24(36)37)22(34)32-25(23(35)30-18(11(2)3)21(28)33)7-6-17-15(10-25)14-8-13(26)9-16(27)20(14)29-17/h8-9,11-12,18-19,29,31H,5-7,10H2,1-4H3,(H2,28,33)(H,30,35)(H,32,34)(H,36,37)/t12-,18-,19-,25+/m0/s1. The van der Waals surface area contributed by atoms with Gasteiger partial charge in [-0.15, -0.1) is 0 Å². The number of rotatable bonds is 9. The molecule has 0 radical (unpaired) electrons. The van der Waals surface area contributed by atoms with Crippen LogP contribution in [0.25, 0.3) is 10.9 Å². The van der Waals surface area contributed by atoms with Gasteiger partial charge in [-0.2, -0.15) is 0 Å². The number of aromatic amines is 1. The molecule has 202 valence electrons. The molecular weight excluding hydrogens is 488 g/mol.